The molecule has 4 aromatic rings. The predicted octanol–water partition coefficient (Wildman–Crippen LogP) is 0.552. The van der Waals surface area contributed by atoms with Crippen molar-refractivity contribution in [3.05, 3.63) is 47.1 Å². The maximum atomic E-state index is 12.7. The van der Waals surface area contributed by atoms with Crippen molar-refractivity contribution in [2.24, 2.45) is 0 Å². The summed E-state index contributed by atoms with van der Waals surface area (Å²) in [5.41, 5.74) is 1.12. The second-order valence-electron chi connectivity index (χ2n) is 4.93. The average molecular weight is 308 g/mol. The summed E-state index contributed by atoms with van der Waals surface area (Å²) in [7, 11) is 0. The number of hydrogen-bond acceptors (Lipinski definition) is 7. The van der Waals surface area contributed by atoms with Gasteiger partial charge in [-0.1, -0.05) is 0 Å². The standard InChI is InChI=1S/C14H8N6O3/c21-13-12-9(20-14(18-17-12)15-6-16-20)3-4-19(13)8-1-2-10-11(5-8)23-7-22-10/h1-6H,7H2. The predicted molar refractivity (Wildman–Crippen MR) is 77.8 cm³/mol. The third-order valence-corrected chi connectivity index (χ3v) is 3.68. The summed E-state index contributed by atoms with van der Waals surface area (Å²) < 4.78 is 13.6. The Bertz CT molecular complexity index is 1130. The van der Waals surface area contributed by atoms with Gasteiger partial charge in [0, 0.05) is 12.3 Å². The zero-order chi connectivity index (χ0) is 15.4. The fraction of sp³-hybridized carbons (Fsp3) is 0.0714. The van der Waals surface area contributed by atoms with E-state index in [1.807, 2.05) is 0 Å². The van der Waals surface area contributed by atoms with Crippen molar-refractivity contribution in [1.82, 2.24) is 29.4 Å². The molecule has 0 aliphatic carbocycles. The Labute approximate surface area is 127 Å². The van der Waals surface area contributed by atoms with Crippen molar-refractivity contribution in [2.75, 3.05) is 6.79 Å². The zero-order valence-corrected chi connectivity index (χ0v) is 11.6. The van der Waals surface area contributed by atoms with Gasteiger partial charge in [0.25, 0.3) is 11.3 Å². The molecule has 0 saturated carbocycles. The Hall–Kier alpha value is -3.49. The van der Waals surface area contributed by atoms with E-state index in [0.29, 0.717) is 28.5 Å². The third-order valence-electron chi connectivity index (χ3n) is 3.68. The van der Waals surface area contributed by atoms with Crippen LogP contribution in [0.3, 0.4) is 0 Å². The lowest BCUT2D eigenvalue weighted by Gasteiger charge is -2.07. The highest BCUT2D eigenvalue weighted by atomic mass is 16.7. The van der Waals surface area contributed by atoms with Gasteiger partial charge in [-0.05, 0) is 18.2 Å². The monoisotopic (exact) mass is 308 g/mol. The van der Waals surface area contributed by atoms with Gasteiger partial charge in [-0.3, -0.25) is 9.36 Å². The minimum Gasteiger partial charge on any atom is -0.454 e. The summed E-state index contributed by atoms with van der Waals surface area (Å²) in [5, 5.41) is 11.9. The van der Waals surface area contributed by atoms with Crippen LogP contribution in [-0.4, -0.2) is 36.2 Å². The van der Waals surface area contributed by atoms with Crippen LogP contribution < -0.4 is 15.0 Å². The summed E-state index contributed by atoms with van der Waals surface area (Å²) >= 11 is 0. The lowest BCUT2D eigenvalue weighted by molar-refractivity contribution is 0.174. The van der Waals surface area contributed by atoms with Crippen molar-refractivity contribution in [3.8, 4) is 17.2 Å². The van der Waals surface area contributed by atoms with Gasteiger partial charge >= 0.3 is 0 Å². The van der Waals surface area contributed by atoms with E-state index >= 15 is 0 Å². The molecule has 0 radical (unpaired) electrons. The maximum absolute atomic E-state index is 12.7. The first-order valence-corrected chi connectivity index (χ1v) is 6.79. The molecule has 9 nitrogen and oxygen atoms in total. The zero-order valence-electron chi connectivity index (χ0n) is 11.6. The van der Waals surface area contributed by atoms with Gasteiger partial charge in [0.15, 0.2) is 17.0 Å². The molecule has 0 saturated heterocycles. The summed E-state index contributed by atoms with van der Waals surface area (Å²) in [4.78, 5) is 16.7. The molecule has 1 aliphatic heterocycles. The average Bonchev–Trinajstić information content (AvgIpc) is 3.23. The first-order chi connectivity index (χ1) is 11.3. The molecule has 3 aromatic heterocycles. The number of fused-ring (bicyclic) bond motifs is 4. The van der Waals surface area contributed by atoms with E-state index in [1.54, 1.807) is 30.5 Å². The van der Waals surface area contributed by atoms with Gasteiger partial charge in [0.1, 0.15) is 11.8 Å². The van der Waals surface area contributed by atoms with Crippen molar-refractivity contribution in [2.45, 2.75) is 0 Å². The minimum atomic E-state index is -0.300. The molecular weight excluding hydrogens is 300 g/mol. The number of nitrogens with zero attached hydrogens (tertiary/aromatic N) is 6. The number of ether oxygens (including phenoxy) is 2. The van der Waals surface area contributed by atoms with Crippen LogP contribution in [0.1, 0.15) is 0 Å². The molecule has 0 N–H and O–H groups in total. The first kappa shape index (κ1) is 12.1. The molecule has 112 valence electrons. The largest absolute Gasteiger partial charge is 0.454 e. The van der Waals surface area contributed by atoms with Gasteiger partial charge < -0.3 is 9.47 Å². The van der Waals surface area contributed by atoms with E-state index in [-0.39, 0.29) is 17.9 Å². The van der Waals surface area contributed by atoms with E-state index in [2.05, 4.69) is 20.3 Å². The van der Waals surface area contributed by atoms with Gasteiger partial charge in [-0.15, -0.1) is 10.2 Å². The Morgan fingerprint density at radius 3 is 2.96 bits per heavy atom. The molecule has 0 atom stereocenters. The van der Waals surface area contributed by atoms with Crippen LogP contribution in [0.5, 0.6) is 11.5 Å². The molecule has 0 amide bonds. The van der Waals surface area contributed by atoms with Crippen LogP contribution >= 0.6 is 0 Å². The Kier molecular flexibility index (Phi) is 2.24. The number of pyridine rings is 1. The molecule has 1 aliphatic rings. The number of hydrogen-bond donors (Lipinski definition) is 0. The number of rotatable bonds is 1. The molecule has 0 spiro atoms. The summed E-state index contributed by atoms with van der Waals surface area (Å²) in [6, 6.07) is 7.04. The molecule has 1 aromatic carbocycles. The van der Waals surface area contributed by atoms with E-state index in [1.165, 1.54) is 15.4 Å². The van der Waals surface area contributed by atoms with Crippen LogP contribution in [0.4, 0.5) is 0 Å². The quantitative estimate of drug-likeness (QED) is 0.506. The fourth-order valence-corrected chi connectivity index (χ4v) is 2.59. The minimum absolute atomic E-state index is 0.182. The third kappa shape index (κ3) is 1.64. The summed E-state index contributed by atoms with van der Waals surface area (Å²) in [5.74, 6) is 1.61. The van der Waals surface area contributed by atoms with E-state index in [9.17, 15) is 4.79 Å². The van der Waals surface area contributed by atoms with Gasteiger partial charge in [-0.25, -0.2) is 0 Å². The maximum Gasteiger partial charge on any atom is 0.285 e. The Morgan fingerprint density at radius 2 is 2.00 bits per heavy atom. The molecule has 0 bridgehead atoms. The molecule has 5 rings (SSSR count). The lowest BCUT2D eigenvalue weighted by atomic mass is 10.2. The first-order valence-electron chi connectivity index (χ1n) is 6.79. The SMILES string of the molecule is O=c1c2nnc3ncnn3c2ccn1-c1ccc2c(c1)OCO2. The normalized spacial score (nSPS) is 13.0. The second kappa shape index (κ2) is 4.26. The fourth-order valence-electron chi connectivity index (χ4n) is 2.59. The molecule has 0 fully saturated rings. The smallest absolute Gasteiger partial charge is 0.285 e. The lowest BCUT2D eigenvalue weighted by Crippen LogP contribution is -2.20. The highest BCUT2D eigenvalue weighted by Crippen LogP contribution is 2.33. The van der Waals surface area contributed by atoms with Crippen molar-refractivity contribution < 1.29 is 9.47 Å². The van der Waals surface area contributed by atoms with Gasteiger partial charge in [0.2, 0.25) is 6.79 Å². The van der Waals surface area contributed by atoms with Gasteiger partial charge in [0.05, 0.1) is 5.69 Å². The van der Waals surface area contributed by atoms with Crippen LogP contribution in [0, 0.1) is 0 Å². The van der Waals surface area contributed by atoms with Crippen molar-refractivity contribution in [1.29, 1.82) is 0 Å². The van der Waals surface area contributed by atoms with E-state index in [4.69, 9.17) is 9.47 Å². The topological polar surface area (TPSA) is 96.4 Å². The highest BCUT2D eigenvalue weighted by Gasteiger charge is 2.16. The van der Waals surface area contributed by atoms with E-state index < -0.39 is 0 Å². The van der Waals surface area contributed by atoms with Crippen LogP contribution in [0.15, 0.2) is 41.6 Å². The number of benzene rings is 1. The Balaban J connectivity index is 1.78. The van der Waals surface area contributed by atoms with Crippen LogP contribution in [0.25, 0.3) is 22.5 Å². The molecule has 4 heterocycles. The second-order valence-corrected chi connectivity index (χ2v) is 4.93. The number of aromatic nitrogens is 6. The van der Waals surface area contributed by atoms with E-state index in [0.717, 1.165) is 0 Å². The summed E-state index contributed by atoms with van der Waals surface area (Å²) in [6.45, 7) is 0.182. The summed E-state index contributed by atoms with van der Waals surface area (Å²) in [6.07, 6.45) is 3.03. The Morgan fingerprint density at radius 1 is 1.09 bits per heavy atom. The molecule has 0 unspecified atom stereocenters. The molecular formula is C14H8N6O3. The van der Waals surface area contributed by atoms with Crippen LogP contribution in [-0.2, 0) is 0 Å². The highest BCUT2D eigenvalue weighted by molar-refractivity contribution is 5.74. The van der Waals surface area contributed by atoms with Gasteiger partial charge in [-0.2, -0.15) is 14.6 Å². The van der Waals surface area contributed by atoms with Crippen molar-refractivity contribution >= 4 is 16.8 Å². The molecule has 9 heteroatoms. The van der Waals surface area contributed by atoms with Crippen molar-refractivity contribution in [3.63, 3.8) is 0 Å². The van der Waals surface area contributed by atoms with Crippen LogP contribution in [0.2, 0.25) is 0 Å². The molecule has 23 heavy (non-hydrogen) atoms.